The molecule has 1 atom stereocenters. The molecule has 0 spiro atoms. The molecule has 108 valence electrons. The molecule has 1 rings (SSSR count). The molecule has 0 aromatic rings. The summed E-state index contributed by atoms with van der Waals surface area (Å²) in [5.41, 5.74) is 0. The Labute approximate surface area is 109 Å². The summed E-state index contributed by atoms with van der Waals surface area (Å²) in [5, 5.41) is 3.40. The molecule has 1 nitrogen and oxygen atoms in total. The van der Waals surface area contributed by atoms with Gasteiger partial charge in [0.05, 0.1) is 0 Å². The van der Waals surface area contributed by atoms with Crippen LogP contribution in [0, 0.1) is 5.92 Å². The monoisotopic (exact) mass is 265 g/mol. The zero-order valence-corrected chi connectivity index (χ0v) is 11.4. The van der Waals surface area contributed by atoms with Crippen molar-refractivity contribution in [2.45, 2.75) is 76.9 Å². The van der Waals surface area contributed by atoms with E-state index in [0.29, 0.717) is 12.3 Å². The van der Waals surface area contributed by atoms with E-state index in [4.69, 9.17) is 0 Å². The lowest BCUT2D eigenvalue weighted by Crippen LogP contribution is -2.36. The van der Waals surface area contributed by atoms with Crippen LogP contribution in [0.15, 0.2) is 0 Å². The molecule has 0 amide bonds. The van der Waals surface area contributed by atoms with Crippen molar-refractivity contribution in [3.05, 3.63) is 0 Å². The fourth-order valence-electron chi connectivity index (χ4n) is 3.00. The first kappa shape index (κ1) is 15.8. The predicted molar refractivity (Wildman–Crippen MR) is 68.6 cm³/mol. The molecule has 0 aliphatic heterocycles. The van der Waals surface area contributed by atoms with Gasteiger partial charge in [0.1, 0.15) is 0 Å². The molecule has 1 unspecified atom stereocenters. The highest BCUT2D eigenvalue weighted by Crippen LogP contribution is 2.29. The summed E-state index contributed by atoms with van der Waals surface area (Å²) in [6.07, 6.45) is 3.72. The smallest absolute Gasteiger partial charge is 0.314 e. The molecule has 1 N–H and O–H groups in total. The Morgan fingerprint density at radius 3 is 2.22 bits per heavy atom. The highest BCUT2D eigenvalue weighted by molar-refractivity contribution is 4.78. The number of halogens is 3. The van der Waals surface area contributed by atoms with Crippen molar-refractivity contribution in [3.8, 4) is 0 Å². The van der Waals surface area contributed by atoms with Gasteiger partial charge in [0.2, 0.25) is 0 Å². The molecular formula is C14H26F3N. The summed E-state index contributed by atoms with van der Waals surface area (Å²) < 4.78 is 36.5. The Kier molecular flexibility index (Phi) is 7.05. The summed E-state index contributed by atoms with van der Waals surface area (Å²) in [6, 6.07) is 0.287. The highest BCUT2D eigenvalue weighted by Gasteiger charge is 2.28. The minimum atomic E-state index is -4.00. The van der Waals surface area contributed by atoms with E-state index in [0.717, 1.165) is 6.54 Å². The van der Waals surface area contributed by atoms with Crippen LogP contribution >= 0.6 is 0 Å². The maximum Gasteiger partial charge on any atom is 0.389 e. The first-order valence-electron chi connectivity index (χ1n) is 7.33. The Morgan fingerprint density at radius 2 is 1.72 bits per heavy atom. The molecule has 4 heteroatoms. The Morgan fingerprint density at radius 1 is 1.11 bits per heavy atom. The van der Waals surface area contributed by atoms with Gasteiger partial charge in [0.25, 0.3) is 0 Å². The minimum absolute atomic E-state index is 0.262. The lowest BCUT2D eigenvalue weighted by Gasteiger charge is -2.27. The van der Waals surface area contributed by atoms with Crippen molar-refractivity contribution >= 4 is 0 Å². The minimum Gasteiger partial charge on any atom is -0.314 e. The molecule has 1 fully saturated rings. The van der Waals surface area contributed by atoms with Gasteiger partial charge in [-0.05, 0) is 38.1 Å². The van der Waals surface area contributed by atoms with Gasteiger partial charge in [0.15, 0.2) is 0 Å². The van der Waals surface area contributed by atoms with Gasteiger partial charge in [-0.3, -0.25) is 0 Å². The van der Waals surface area contributed by atoms with Gasteiger partial charge in [0, 0.05) is 12.5 Å². The van der Waals surface area contributed by atoms with Crippen LogP contribution in [0.5, 0.6) is 0 Å². The van der Waals surface area contributed by atoms with E-state index in [2.05, 4.69) is 5.32 Å². The van der Waals surface area contributed by atoms with Crippen molar-refractivity contribution in [1.29, 1.82) is 0 Å². The van der Waals surface area contributed by atoms with Crippen LogP contribution in [0.25, 0.3) is 0 Å². The quantitative estimate of drug-likeness (QED) is 0.688. The van der Waals surface area contributed by atoms with Gasteiger partial charge >= 0.3 is 6.18 Å². The van der Waals surface area contributed by atoms with E-state index in [-0.39, 0.29) is 12.5 Å². The lowest BCUT2D eigenvalue weighted by molar-refractivity contribution is -0.136. The second-order valence-corrected chi connectivity index (χ2v) is 5.42. The summed E-state index contributed by atoms with van der Waals surface area (Å²) in [5.74, 6) is 0.584. The van der Waals surface area contributed by atoms with E-state index in [1.54, 1.807) is 0 Å². The number of alkyl halides is 3. The number of hydrogen-bond donors (Lipinski definition) is 1. The van der Waals surface area contributed by atoms with Crippen LogP contribution < -0.4 is 5.32 Å². The Balaban J connectivity index is 2.37. The maximum atomic E-state index is 12.2. The summed E-state index contributed by atoms with van der Waals surface area (Å²) in [4.78, 5) is 0. The normalized spacial score (nSPS) is 20.7. The summed E-state index contributed by atoms with van der Waals surface area (Å²) in [7, 11) is 0. The highest BCUT2D eigenvalue weighted by atomic mass is 19.4. The first-order chi connectivity index (χ1) is 8.53. The fourth-order valence-corrected chi connectivity index (χ4v) is 3.00. The van der Waals surface area contributed by atoms with Gasteiger partial charge in [-0.15, -0.1) is 0 Å². The molecule has 0 bridgehead atoms. The molecular weight excluding hydrogens is 239 g/mol. The molecule has 0 aromatic heterocycles. The molecule has 1 saturated carbocycles. The SMILES string of the molecule is CCNC(CCCC(F)(F)F)C1CCCCCC1. The topological polar surface area (TPSA) is 12.0 Å². The zero-order valence-electron chi connectivity index (χ0n) is 11.4. The van der Waals surface area contributed by atoms with Gasteiger partial charge in [-0.25, -0.2) is 0 Å². The van der Waals surface area contributed by atoms with Crippen molar-refractivity contribution in [2.75, 3.05) is 6.54 Å². The molecule has 1 aliphatic carbocycles. The van der Waals surface area contributed by atoms with Crippen LogP contribution in [0.2, 0.25) is 0 Å². The Hall–Kier alpha value is -0.250. The van der Waals surface area contributed by atoms with Crippen molar-refractivity contribution in [1.82, 2.24) is 5.32 Å². The molecule has 0 heterocycles. The largest absolute Gasteiger partial charge is 0.389 e. The van der Waals surface area contributed by atoms with Crippen molar-refractivity contribution in [3.63, 3.8) is 0 Å². The second-order valence-electron chi connectivity index (χ2n) is 5.42. The molecule has 1 aliphatic rings. The average molecular weight is 265 g/mol. The van der Waals surface area contributed by atoms with E-state index in [9.17, 15) is 13.2 Å². The third-order valence-electron chi connectivity index (χ3n) is 3.91. The van der Waals surface area contributed by atoms with Crippen LogP contribution in [-0.2, 0) is 0 Å². The molecule has 0 aromatic carbocycles. The van der Waals surface area contributed by atoms with Crippen molar-refractivity contribution in [2.24, 2.45) is 5.92 Å². The third-order valence-corrected chi connectivity index (χ3v) is 3.91. The fraction of sp³-hybridized carbons (Fsp3) is 1.00. The van der Waals surface area contributed by atoms with Crippen LogP contribution in [0.1, 0.15) is 64.7 Å². The second kappa shape index (κ2) is 8.03. The molecule has 18 heavy (non-hydrogen) atoms. The zero-order chi connectivity index (χ0) is 13.4. The number of nitrogens with one attached hydrogen (secondary N) is 1. The average Bonchev–Trinajstić information content (AvgIpc) is 2.54. The van der Waals surface area contributed by atoms with Gasteiger partial charge in [-0.1, -0.05) is 32.6 Å². The number of hydrogen-bond acceptors (Lipinski definition) is 1. The predicted octanol–water partition coefficient (Wildman–Crippen LogP) is 4.67. The van der Waals surface area contributed by atoms with Crippen molar-refractivity contribution < 1.29 is 13.2 Å². The van der Waals surface area contributed by atoms with Gasteiger partial charge < -0.3 is 5.32 Å². The van der Waals surface area contributed by atoms with Crippen LogP contribution in [-0.4, -0.2) is 18.8 Å². The third kappa shape index (κ3) is 6.62. The maximum absolute atomic E-state index is 12.2. The lowest BCUT2D eigenvalue weighted by atomic mass is 9.88. The first-order valence-corrected chi connectivity index (χ1v) is 7.33. The molecule has 0 saturated heterocycles. The van der Waals surface area contributed by atoms with Gasteiger partial charge in [-0.2, -0.15) is 13.2 Å². The van der Waals surface area contributed by atoms with Crippen LogP contribution in [0.3, 0.4) is 0 Å². The van der Waals surface area contributed by atoms with E-state index < -0.39 is 12.6 Å². The number of rotatable bonds is 6. The van der Waals surface area contributed by atoms with E-state index in [1.165, 1.54) is 38.5 Å². The molecule has 0 radical (unpaired) electrons. The summed E-state index contributed by atoms with van der Waals surface area (Å²) >= 11 is 0. The van der Waals surface area contributed by atoms with E-state index >= 15 is 0 Å². The van der Waals surface area contributed by atoms with E-state index in [1.807, 2.05) is 6.92 Å². The Bertz CT molecular complexity index is 208. The van der Waals surface area contributed by atoms with Crippen LogP contribution in [0.4, 0.5) is 13.2 Å². The standard InChI is InChI=1S/C14H26F3N/c1-2-18-13(10-7-11-14(15,16)17)12-8-5-3-4-6-9-12/h12-13,18H,2-11H2,1H3. The summed E-state index contributed by atoms with van der Waals surface area (Å²) in [6.45, 7) is 2.89.